The van der Waals surface area contributed by atoms with E-state index in [1.807, 2.05) is 49.4 Å². The van der Waals surface area contributed by atoms with Crippen LogP contribution in [-0.4, -0.2) is 19.9 Å². The molecule has 2 aromatic heterocycles. The summed E-state index contributed by atoms with van der Waals surface area (Å²) in [7, 11) is 0. The fourth-order valence-corrected chi connectivity index (χ4v) is 3.25. The number of fused-ring (bicyclic) bond motifs is 1. The lowest BCUT2D eigenvalue weighted by atomic mass is 10.1. The van der Waals surface area contributed by atoms with E-state index in [1.54, 1.807) is 6.20 Å². The van der Waals surface area contributed by atoms with Gasteiger partial charge in [-0.1, -0.05) is 46.3 Å². The maximum atomic E-state index is 5.77. The van der Waals surface area contributed by atoms with Gasteiger partial charge in [0.2, 0.25) is 0 Å². The first-order valence-corrected chi connectivity index (χ1v) is 9.64. The quantitative estimate of drug-likeness (QED) is 0.448. The normalized spacial score (nSPS) is 12.0. The van der Waals surface area contributed by atoms with Crippen molar-refractivity contribution in [3.63, 3.8) is 0 Å². The predicted molar refractivity (Wildman–Crippen MR) is 113 cm³/mol. The molecule has 6 nitrogen and oxygen atoms in total. The maximum Gasteiger partial charge on any atom is 0.322 e. The number of benzene rings is 2. The number of nitrogens with one attached hydrogen (secondary N) is 1. The highest BCUT2D eigenvalue weighted by Crippen LogP contribution is 2.26. The summed E-state index contributed by atoms with van der Waals surface area (Å²) in [6, 6.07) is 17.9. The molecule has 140 valence electrons. The van der Waals surface area contributed by atoms with Crippen molar-refractivity contribution in [2.45, 2.75) is 19.9 Å². The molecule has 0 fully saturated rings. The van der Waals surface area contributed by atoms with E-state index in [9.17, 15) is 0 Å². The van der Waals surface area contributed by atoms with Crippen molar-refractivity contribution in [1.29, 1.82) is 0 Å². The van der Waals surface area contributed by atoms with Crippen molar-refractivity contribution >= 4 is 32.8 Å². The summed E-state index contributed by atoms with van der Waals surface area (Å²) >= 11 is 3.52. The third-order valence-electron chi connectivity index (χ3n) is 4.18. The smallest absolute Gasteiger partial charge is 0.322 e. The average Bonchev–Trinajstić information content (AvgIpc) is 2.69. The molecule has 0 aliphatic carbocycles. The molecule has 2 aromatic carbocycles. The fraction of sp³-hybridized carbons (Fsp3) is 0.143. The first-order chi connectivity index (χ1) is 13.6. The molecule has 0 bridgehead atoms. The van der Waals surface area contributed by atoms with Gasteiger partial charge in [-0.05, 0) is 43.7 Å². The molecule has 1 atom stereocenters. The topological polar surface area (TPSA) is 72.8 Å². The summed E-state index contributed by atoms with van der Waals surface area (Å²) in [6.07, 6.45) is 1.66. The van der Waals surface area contributed by atoms with Crippen molar-refractivity contribution in [3.8, 4) is 11.8 Å². The van der Waals surface area contributed by atoms with Crippen molar-refractivity contribution in [3.05, 3.63) is 76.7 Å². The molecule has 0 spiro atoms. The van der Waals surface area contributed by atoms with Crippen LogP contribution in [0.25, 0.3) is 11.0 Å². The number of ether oxygens (including phenoxy) is 1. The summed E-state index contributed by atoms with van der Waals surface area (Å²) in [6.45, 7) is 3.93. The number of aryl methyl sites for hydroxylation is 1. The molecule has 7 heteroatoms. The van der Waals surface area contributed by atoms with Crippen LogP contribution in [0.2, 0.25) is 0 Å². The number of rotatable bonds is 5. The SMILES string of the molecule is Cc1nc(N[C@H](C)c2cccc(Br)c2)c2nc(Oc3ccccc3)ncc2n1. The van der Waals surface area contributed by atoms with E-state index in [4.69, 9.17) is 4.74 Å². The van der Waals surface area contributed by atoms with Crippen LogP contribution in [0.3, 0.4) is 0 Å². The van der Waals surface area contributed by atoms with E-state index >= 15 is 0 Å². The third-order valence-corrected chi connectivity index (χ3v) is 4.67. The maximum absolute atomic E-state index is 5.77. The van der Waals surface area contributed by atoms with Gasteiger partial charge in [-0.15, -0.1) is 0 Å². The Balaban J connectivity index is 1.69. The van der Waals surface area contributed by atoms with Crippen LogP contribution in [0.15, 0.2) is 65.3 Å². The van der Waals surface area contributed by atoms with Gasteiger partial charge in [0, 0.05) is 4.47 Å². The number of hydrogen-bond acceptors (Lipinski definition) is 6. The molecule has 0 radical (unpaired) electrons. The highest BCUT2D eigenvalue weighted by Gasteiger charge is 2.14. The zero-order valence-electron chi connectivity index (χ0n) is 15.4. The molecule has 0 unspecified atom stereocenters. The van der Waals surface area contributed by atoms with E-state index in [2.05, 4.69) is 60.2 Å². The lowest BCUT2D eigenvalue weighted by molar-refractivity contribution is 0.444. The van der Waals surface area contributed by atoms with E-state index in [0.717, 1.165) is 10.0 Å². The van der Waals surface area contributed by atoms with E-state index in [0.29, 0.717) is 28.4 Å². The number of halogens is 1. The molecule has 0 aliphatic heterocycles. The Morgan fingerprint density at radius 2 is 1.82 bits per heavy atom. The first-order valence-electron chi connectivity index (χ1n) is 8.85. The zero-order chi connectivity index (χ0) is 19.5. The van der Waals surface area contributed by atoms with Gasteiger partial charge in [-0.3, -0.25) is 0 Å². The number of hydrogen-bond donors (Lipinski definition) is 1. The van der Waals surface area contributed by atoms with Crippen LogP contribution in [0.4, 0.5) is 5.82 Å². The third kappa shape index (κ3) is 4.09. The monoisotopic (exact) mass is 435 g/mol. The fourth-order valence-electron chi connectivity index (χ4n) is 2.84. The Kier molecular flexibility index (Phi) is 5.16. The van der Waals surface area contributed by atoms with Gasteiger partial charge < -0.3 is 10.1 Å². The molecule has 28 heavy (non-hydrogen) atoms. The largest absolute Gasteiger partial charge is 0.424 e. The van der Waals surface area contributed by atoms with Gasteiger partial charge >= 0.3 is 6.01 Å². The molecule has 0 aliphatic rings. The van der Waals surface area contributed by atoms with E-state index < -0.39 is 0 Å². The van der Waals surface area contributed by atoms with Crippen molar-refractivity contribution in [1.82, 2.24) is 19.9 Å². The second-order valence-corrected chi connectivity index (χ2v) is 7.26. The molecule has 0 saturated carbocycles. The molecule has 1 N–H and O–H groups in total. The van der Waals surface area contributed by atoms with Crippen LogP contribution in [0.1, 0.15) is 24.4 Å². The van der Waals surface area contributed by atoms with Crippen molar-refractivity contribution in [2.75, 3.05) is 5.32 Å². The van der Waals surface area contributed by atoms with Gasteiger partial charge in [0.1, 0.15) is 22.6 Å². The van der Waals surface area contributed by atoms with Gasteiger partial charge in [-0.25, -0.2) is 15.0 Å². The minimum Gasteiger partial charge on any atom is -0.424 e. The Bertz CT molecular complexity index is 1120. The lowest BCUT2D eigenvalue weighted by Crippen LogP contribution is -2.10. The number of aromatic nitrogens is 4. The Hall–Kier alpha value is -3.06. The predicted octanol–water partition coefficient (Wildman–Crippen LogP) is 5.46. The summed E-state index contributed by atoms with van der Waals surface area (Å²) in [4.78, 5) is 17.8. The lowest BCUT2D eigenvalue weighted by Gasteiger charge is -2.17. The van der Waals surface area contributed by atoms with Crippen LogP contribution < -0.4 is 10.1 Å². The highest BCUT2D eigenvalue weighted by molar-refractivity contribution is 9.10. The summed E-state index contributed by atoms with van der Waals surface area (Å²) in [5.74, 6) is 1.97. The molecule has 0 amide bonds. The summed E-state index contributed by atoms with van der Waals surface area (Å²) in [5, 5.41) is 3.44. The molecule has 2 heterocycles. The van der Waals surface area contributed by atoms with Crippen LogP contribution in [0, 0.1) is 6.92 Å². The Morgan fingerprint density at radius 3 is 2.61 bits per heavy atom. The second kappa shape index (κ2) is 7.90. The number of anilines is 1. The van der Waals surface area contributed by atoms with Gasteiger partial charge in [0.25, 0.3) is 0 Å². The second-order valence-electron chi connectivity index (χ2n) is 6.34. The van der Waals surface area contributed by atoms with Crippen LogP contribution >= 0.6 is 15.9 Å². The minimum absolute atomic E-state index is 0.0310. The first kappa shape index (κ1) is 18.3. The van der Waals surface area contributed by atoms with Crippen LogP contribution in [0.5, 0.6) is 11.8 Å². The average molecular weight is 436 g/mol. The van der Waals surface area contributed by atoms with Gasteiger partial charge in [0.15, 0.2) is 5.82 Å². The number of para-hydroxylation sites is 1. The Morgan fingerprint density at radius 1 is 1.00 bits per heavy atom. The molecular formula is C21H18BrN5O. The van der Waals surface area contributed by atoms with E-state index in [1.165, 1.54) is 0 Å². The zero-order valence-corrected chi connectivity index (χ0v) is 17.0. The Labute approximate surface area is 171 Å². The highest BCUT2D eigenvalue weighted by atomic mass is 79.9. The molecular weight excluding hydrogens is 418 g/mol. The molecule has 4 aromatic rings. The van der Waals surface area contributed by atoms with Gasteiger partial charge in [-0.2, -0.15) is 4.98 Å². The van der Waals surface area contributed by atoms with Crippen molar-refractivity contribution < 1.29 is 4.74 Å². The molecule has 4 rings (SSSR count). The molecule has 0 saturated heterocycles. The minimum atomic E-state index is 0.0310. The summed E-state index contributed by atoms with van der Waals surface area (Å²) < 4.78 is 6.80. The summed E-state index contributed by atoms with van der Waals surface area (Å²) in [5.41, 5.74) is 2.42. The standard InChI is InChI=1S/C21H18BrN5O/c1-13(15-7-6-8-16(22)11-15)24-20-19-18(25-14(2)26-20)12-23-21(27-19)28-17-9-4-3-5-10-17/h3-13H,1-2H3,(H,24,25,26)/t13-/m1/s1. The van der Waals surface area contributed by atoms with Crippen LogP contribution in [-0.2, 0) is 0 Å². The van der Waals surface area contributed by atoms with E-state index in [-0.39, 0.29) is 12.1 Å². The number of nitrogens with zero attached hydrogens (tertiary/aromatic N) is 4. The van der Waals surface area contributed by atoms with Gasteiger partial charge in [0.05, 0.1) is 12.2 Å². The van der Waals surface area contributed by atoms with Crippen molar-refractivity contribution in [2.24, 2.45) is 0 Å².